The van der Waals surface area contributed by atoms with Gasteiger partial charge in [-0.2, -0.15) is 0 Å². The number of hydrogen-bond donors (Lipinski definition) is 0. The zero-order valence-electron chi connectivity index (χ0n) is 34.2. The van der Waals surface area contributed by atoms with Gasteiger partial charge in [-0.3, -0.25) is 9.36 Å². The Bertz CT molecular complexity index is 4320. The molecule has 9 aromatic carbocycles. The number of nitrogens with zero attached hydrogens (tertiary/aromatic N) is 4. The second-order valence-electron chi connectivity index (χ2n) is 16.6. The Kier molecular flexibility index (Phi) is 7.16. The van der Waals surface area contributed by atoms with Crippen LogP contribution in [0.5, 0.6) is 0 Å². The third-order valence-corrected chi connectivity index (χ3v) is 13.2. The fourth-order valence-corrected chi connectivity index (χ4v) is 10.5. The van der Waals surface area contributed by atoms with Gasteiger partial charge in [0.25, 0.3) is 0 Å². The van der Waals surface area contributed by atoms with E-state index in [0.29, 0.717) is 27.8 Å². The summed E-state index contributed by atoms with van der Waals surface area (Å²) >= 11 is 0. The molecule has 0 saturated carbocycles. The van der Waals surface area contributed by atoms with Crippen molar-refractivity contribution in [1.82, 2.24) is 18.7 Å². The molecule has 0 saturated heterocycles. The van der Waals surface area contributed by atoms with Crippen molar-refractivity contribution in [1.29, 1.82) is 0 Å². The summed E-state index contributed by atoms with van der Waals surface area (Å²) in [5, 5.41) is 10.1. The minimum absolute atomic E-state index is 0.0925. The molecule has 0 unspecified atom stereocenters. The second-order valence-corrected chi connectivity index (χ2v) is 16.6. The van der Waals surface area contributed by atoms with Crippen LogP contribution in [0.1, 0.15) is 0 Å². The Labute approximate surface area is 364 Å². The standard InChI is InChI=1S/C58H34N4O2/c63-58-44-21-9-13-25-49(44)64-50-33-51(59-34-45(50)58)62-48-24-12-7-19-42(48)52-53-41-18-6-10-22-46(41)61(40-31-28-36-16-4-5-17-38(36)32-40)56(53)57-54(55(52)62)43-20-8-11-23-47(43)60(57)39-29-26-37(27-30-39)35-14-2-1-3-15-35/h1-34H. The Hall–Kier alpha value is -8.74. The molecular formula is C58H34N4O2. The zero-order valence-corrected chi connectivity index (χ0v) is 34.2. The minimum atomic E-state index is -0.0925. The molecule has 5 aromatic heterocycles. The highest BCUT2D eigenvalue weighted by atomic mass is 16.3. The Morgan fingerprint density at radius 3 is 1.64 bits per heavy atom. The van der Waals surface area contributed by atoms with Crippen LogP contribution in [-0.4, -0.2) is 18.7 Å². The maximum Gasteiger partial charge on any atom is 0.202 e. The van der Waals surface area contributed by atoms with Gasteiger partial charge in [-0.25, -0.2) is 4.98 Å². The molecule has 6 nitrogen and oxygen atoms in total. The first kappa shape index (κ1) is 34.9. The van der Waals surface area contributed by atoms with E-state index in [1.165, 1.54) is 16.3 Å². The molecule has 0 spiro atoms. The van der Waals surface area contributed by atoms with Gasteiger partial charge in [-0.15, -0.1) is 0 Å². The van der Waals surface area contributed by atoms with Crippen LogP contribution in [0.3, 0.4) is 0 Å². The second kappa shape index (κ2) is 13.1. The smallest absolute Gasteiger partial charge is 0.202 e. The number of aromatic nitrogens is 4. The maximum atomic E-state index is 13.8. The van der Waals surface area contributed by atoms with Crippen molar-refractivity contribution in [2.75, 3.05) is 0 Å². The molecule has 5 heterocycles. The molecule has 0 bridgehead atoms. The van der Waals surface area contributed by atoms with E-state index in [1.807, 2.05) is 30.3 Å². The molecule has 0 atom stereocenters. The number of rotatable bonds is 4. The van der Waals surface area contributed by atoms with Crippen molar-refractivity contribution >= 4 is 98.1 Å². The highest BCUT2D eigenvalue weighted by Crippen LogP contribution is 2.50. The van der Waals surface area contributed by atoms with E-state index >= 15 is 0 Å². The maximum absolute atomic E-state index is 13.8. The van der Waals surface area contributed by atoms with Crippen LogP contribution in [0.4, 0.5) is 0 Å². The monoisotopic (exact) mass is 818 g/mol. The van der Waals surface area contributed by atoms with E-state index in [9.17, 15) is 4.79 Å². The third kappa shape index (κ3) is 4.79. The fourth-order valence-electron chi connectivity index (χ4n) is 10.5. The normalized spacial score (nSPS) is 12.1. The summed E-state index contributed by atoms with van der Waals surface area (Å²) in [7, 11) is 0. The quantitative estimate of drug-likeness (QED) is 0.166. The van der Waals surface area contributed by atoms with Crippen molar-refractivity contribution in [3.63, 3.8) is 0 Å². The van der Waals surface area contributed by atoms with E-state index in [0.717, 1.165) is 82.4 Å². The average Bonchev–Trinajstić information content (AvgIpc) is 4.00. The average molecular weight is 819 g/mol. The highest BCUT2D eigenvalue weighted by molar-refractivity contribution is 6.40. The number of hydrogen-bond acceptors (Lipinski definition) is 3. The molecule has 6 heteroatoms. The SMILES string of the molecule is O=c1c2ccccc2oc2cc(-n3c4ccccc4c4c5c6ccccc6n(-c6ccc7ccccc7c6)c5c5c(c6ccccc6n5-c5ccc(-c6ccccc6)cc5)c43)ncc12. The molecule has 64 heavy (non-hydrogen) atoms. The lowest BCUT2D eigenvalue weighted by Crippen LogP contribution is -2.05. The molecule has 298 valence electrons. The van der Waals surface area contributed by atoms with Crippen LogP contribution in [-0.2, 0) is 0 Å². The predicted octanol–water partition coefficient (Wildman–Crippen LogP) is 14.5. The molecule has 0 fully saturated rings. The molecule has 0 radical (unpaired) electrons. The van der Waals surface area contributed by atoms with Gasteiger partial charge in [0.1, 0.15) is 17.0 Å². The van der Waals surface area contributed by atoms with E-state index < -0.39 is 0 Å². The first-order valence-electron chi connectivity index (χ1n) is 21.6. The van der Waals surface area contributed by atoms with Gasteiger partial charge >= 0.3 is 0 Å². The summed E-state index contributed by atoms with van der Waals surface area (Å²) in [6.07, 6.45) is 1.68. The van der Waals surface area contributed by atoms with Crippen molar-refractivity contribution < 1.29 is 4.42 Å². The molecule has 0 aliphatic rings. The zero-order chi connectivity index (χ0) is 42.0. The summed E-state index contributed by atoms with van der Waals surface area (Å²) in [5.74, 6) is 0.667. The first-order chi connectivity index (χ1) is 31.7. The largest absolute Gasteiger partial charge is 0.456 e. The highest BCUT2D eigenvalue weighted by Gasteiger charge is 2.29. The van der Waals surface area contributed by atoms with E-state index in [2.05, 4.69) is 184 Å². The van der Waals surface area contributed by atoms with Crippen LogP contribution in [0.15, 0.2) is 216 Å². The molecule has 0 aliphatic carbocycles. The van der Waals surface area contributed by atoms with Crippen LogP contribution < -0.4 is 5.43 Å². The lowest BCUT2D eigenvalue weighted by Gasteiger charge is -2.15. The molecule has 0 N–H and O–H groups in total. The lowest BCUT2D eigenvalue weighted by atomic mass is 10.0. The van der Waals surface area contributed by atoms with Crippen LogP contribution in [0.25, 0.3) is 126 Å². The summed E-state index contributed by atoms with van der Waals surface area (Å²) < 4.78 is 13.7. The number of para-hydroxylation sites is 4. The Balaban J connectivity index is 1.22. The van der Waals surface area contributed by atoms with Crippen LogP contribution >= 0.6 is 0 Å². The summed E-state index contributed by atoms with van der Waals surface area (Å²) in [4.78, 5) is 18.9. The first-order valence-corrected chi connectivity index (χ1v) is 21.6. The number of fused-ring (bicyclic) bond motifs is 15. The Morgan fingerprint density at radius 1 is 0.375 bits per heavy atom. The lowest BCUT2D eigenvalue weighted by molar-refractivity contribution is 0.659. The minimum Gasteiger partial charge on any atom is -0.456 e. The van der Waals surface area contributed by atoms with E-state index in [4.69, 9.17) is 9.40 Å². The third-order valence-electron chi connectivity index (χ3n) is 13.2. The van der Waals surface area contributed by atoms with Crippen LogP contribution in [0, 0.1) is 0 Å². The predicted molar refractivity (Wildman–Crippen MR) is 264 cm³/mol. The molecule has 0 amide bonds. The van der Waals surface area contributed by atoms with Gasteiger partial charge in [-0.05, 0) is 76.5 Å². The number of pyridine rings is 1. The molecule has 14 aromatic rings. The van der Waals surface area contributed by atoms with Crippen LogP contribution in [0.2, 0.25) is 0 Å². The molecular weight excluding hydrogens is 785 g/mol. The summed E-state index contributed by atoms with van der Waals surface area (Å²) in [6.45, 7) is 0. The summed E-state index contributed by atoms with van der Waals surface area (Å²) in [5.41, 5.74) is 11.9. The molecule has 0 aliphatic heterocycles. The summed E-state index contributed by atoms with van der Waals surface area (Å²) in [6, 6.07) is 70.5. The van der Waals surface area contributed by atoms with Gasteiger partial charge < -0.3 is 13.6 Å². The van der Waals surface area contributed by atoms with Crippen molar-refractivity contribution in [3.05, 3.63) is 217 Å². The van der Waals surface area contributed by atoms with Gasteiger partial charge in [0, 0.05) is 56.0 Å². The van der Waals surface area contributed by atoms with Gasteiger partial charge in [0.2, 0.25) is 5.43 Å². The van der Waals surface area contributed by atoms with E-state index in [1.54, 1.807) is 6.20 Å². The van der Waals surface area contributed by atoms with Crippen molar-refractivity contribution in [2.24, 2.45) is 0 Å². The number of benzene rings is 9. The fraction of sp³-hybridized carbons (Fsp3) is 0. The van der Waals surface area contributed by atoms with Gasteiger partial charge in [-0.1, -0.05) is 140 Å². The molecule has 14 rings (SSSR count). The van der Waals surface area contributed by atoms with Gasteiger partial charge in [0.05, 0.1) is 43.9 Å². The van der Waals surface area contributed by atoms with Crippen molar-refractivity contribution in [3.8, 4) is 28.3 Å². The Morgan fingerprint density at radius 2 is 0.906 bits per heavy atom. The topological polar surface area (TPSA) is 57.9 Å². The van der Waals surface area contributed by atoms with E-state index in [-0.39, 0.29) is 5.43 Å². The van der Waals surface area contributed by atoms with Gasteiger partial charge in [0.15, 0.2) is 0 Å². The van der Waals surface area contributed by atoms with Crippen molar-refractivity contribution in [2.45, 2.75) is 0 Å².